The molecule has 1 heterocycles. The fourth-order valence-corrected chi connectivity index (χ4v) is 1.53. The van der Waals surface area contributed by atoms with Crippen LogP contribution in [0.15, 0.2) is 30.5 Å². The van der Waals surface area contributed by atoms with Crippen LogP contribution in [0, 0.1) is 17.7 Å². The molecule has 0 saturated carbocycles. The predicted molar refractivity (Wildman–Crippen MR) is 69.9 cm³/mol. The third-order valence-electron chi connectivity index (χ3n) is 2.42. The van der Waals surface area contributed by atoms with Gasteiger partial charge in [-0.15, -0.1) is 0 Å². The Labute approximate surface area is 111 Å². The molecule has 0 radical (unpaired) electrons. The summed E-state index contributed by atoms with van der Waals surface area (Å²) in [6.45, 7) is 0.505. The first-order chi connectivity index (χ1) is 9.19. The summed E-state index contributed by atoms with van der Waals surface area (Å²) < 4.78 is 20.8. The minimum atomic E-state index is -0.417. The molecule has 5 heteroatoms. The molecular formula is C14H14FN3O. The van der Waals surface area contributed by atoms with Crippen LogP contribution in [0.4, 0.5) is 4.39 Å². The van der Waals surface area contributed by atoms with Crippen LogP contribution in [0.1, 0.15) is 11.3 Å². The molecule has 0 aliphatic carbocycles. The van der Waals surface area contributed by atoms with Gasteiger partial charge in [-0.3, -0.25) is 4.68 Å². The molecule has 0 bridgehead atoms. The van der Waals surface area contributed by atoms with Gasteiger partial charge >= 0.3 is 0 Å². The maximum absolute atomic E-state index is 13.7. The Morgan fingerprint density at radius 2 is 2.26 bits per heavy atom. The van der Waals surface area contributed by atoms with E-state index < -0.39 is 5.82 Å². The standard InChI is InChI=1S/C14H14FN3O/c1-18-8-6-12(17-18)10-19-13-5-4-11(3-2-7-16)14(15)9-13/h4-6,8-9H,7,10,16H2,1H3. The largest absolute Gasteiger partial charge is 0.487 e. The molecular weight excluding hydrogens is 245 g/mol. The Morgan fingerprint density at radius 1 is 1.42 bits per heavy atom. The second-order valence-electron chi connectivity index (χ2n) is 3.92. The lowest BCUT2D eigenvalue weighted by molar-refractivity contribution is 0.298. The van der Waals surface area contributed by atoms with Crippen molar-refractivity contribution in [3.05, 3.63) is 47.5 Å². The average molecular weight is 259 g/mol. The number of hydrogen-bond acceptors (Lipinski definition) is 3. The number of hydrogen-bond donors (Lipinski definition) is 1. The van der Waals surface area contributed by atoms with Crippen molar-refractivity contribution < 1.29 is 9.13 Å². The van der Waals surface area contributed by atoms with Gasteiger partial charge < -0.3 is 10.5 Å². The molecule has 0 fully saturated rings. The van der Waals surface area contributed by atoms with Crippen molar-refractivity contribution in [2.45, 2.75) is 6.61 Å². The van der Waals surface area contributed by atoms with Crippen molar-refractivity contribution in [3.8, 4) is 17.6 Å². The number of benzene rings is 1. The van der Waals surface area contributed by atoms with Crippen LogP contribution in [-0.2, 0) is 13.7 Å². The summed E-state index contributed by atoms with van der Waals surface area (Å²) in [5.74, 6) is 5.29. The van der Waals surface area contributed by atoms with E-state index in [2.05, 4.69) is 16.9 Å². The summed E-state index contributed by atoms with van der Waals surface area (Å²) in [4.78, 5) is 0. The first kappa shape index (κ1) is 13.1. The van der Waals surface area contributed by atoms with Crippen LogP contribution in [0.5, 0.6) is 5.75 Å². The van der Waals surface area contributed by atoms with Gasteiger partial charge in [-0.25, -0.2) is 4.39 Å². The second-order valence-corrected chi connectivity index (χ2v) is 3.92. The van der Waals surface area contributed by atoms with Crippen LogP contribution in [0.25, 0.3) is 0 Å². The Bertz CT molecular complexity index is 625. The molecule has 0 atom stereocenters. The van der Waals surface area contributed by atoms with Crippen molar-refractivity contribution >= 4 is 0 Å². The molecule has 0 amide bonds. The van der Waals surface area contributed by atoms with Gasteiger partial charge in [-0.2, -0.15) is 5.10 Å². The van der Waals surface area contributed by atoms with Gasteiger partial charge in [0.15, 0.2) is 0 Å². The lowest BCUT2D eigenvalue weighted by Gasteiger charge is -2.05. The molecule has 0 aliphatic heterocycles. The van der Waals surface area contributed by atoms with E-state index >= 15 is 0 Å². The highest BCUT2D eigenvalue weighted by molar-refractivity contribution is 5.39. The van der Waals surface area contributed by atoms with Crippen molar-refractivity contribution in [3.63, 3.8) is 0 Å². The maximum Gasteiger partial charge on any atom is 0.142 e. The van der Waals surface area contributed by atoms with Crippen molar-refractivity contribution in [2.75, 3.05) is 6.54 Å². The highest BCUT2D eigenvalue weighted by atomic mass is 19.1. The Hall–Kier alpha value is -2.32. The van der Waals surface area contributed by atoms with E-state index in [1.165, 1.54) is 6.07 Å². The summed E-state index contributed by atoms with van der Waals surface area (Å²) in [5, 5.41) is 4.17. The molecule has 2 N–H and O–H groups in total. The number of nitrogens with two attached hydrogens (primary N) is 1. The topological polar surface area (TPSA) is 53.1 Å². The van der Waals surface area contributed by atoms with Crippen LogP contribution in [0.2, 0.25) is 0 Å². The van der Waals surface area contributed by atoms with Gasteiger partial charge in [0.25, 0.3) is 0 Å². The number of nitrogens with zero attached hydrogens (tertiary/aromatic N) is 2. The number of rotatable bonds is 3. The molecule has 2 rings (SSSR count). The summed E-state index contributed by atoms with van der Waals surface area (Å²) in [5.41, 5.74) is 6.34. The van der Waals surface area contributed by atoms with E-state index in [1.807, 2.05) is 19.3 Å². The predicted octanol–water partition coefficient (Wildman–Crippen LogP) is 1.45. The van der Waals surface area contributed by atoms with Crippen molar-refractivity contribution in [2.24, 2.45) is 12.8 Å². The molecule has 1 aromatic heterocycles. The van der Waals surface area contributed by atoms with Crippen molar-refractivity contribution in [1.82, 2.24) is 9.78 Å². The lowest BCUT2D eigenvalue weighted by Crippen LogP contribution is -1.99. The summed E-state index contributed by atoms with van der Waals surface area (Å²) in [6.07, 6.45) is 1.82. The van der Waals surface area contributed by atoms with Gasteiger partial charge in [0, 0.05) is 19.3 Å². The number of aryl methyl sites for hydroxylation is 1. The zero-order valence-corrected chi connectivity index (χ0v) is 10.6. The molecule has 0 spiro atoms. The van der Waals surface area contributed by atoms with E-state index in [0.717, 1.165) is 5.69 Å². The molecule has 4 nitrogen and oxygen atoms in total. The molecule has 98 valence electrons. The molecule has 2 aromatic rings. The monoisotopic (exact) mass is 259 g/mol. The van der Waals surface area contributed by atoms with Gasteiger partial charge in [-0.05, 0) is 18.2 Å². The highest BCUT2D eigenvalue weighted by Crippen LogP contribution is 2.17. The molecule has 0 aliphatic rings. The summed E-state index contributed by atoms with van der Waals surface area (Å²) in [6, 6.07) is 6.40. The number of halogens is 1. The van der Waals surface area contributed by atoms with Gasteiger partial charge in [0.1, 0.15) is 18.2 Å². The first-order valence-corrected chi connectivity index (χ1v) is 5.79. The average Bonchev–Trinajstić information content (AvgIpc) is 2.81. The van der Waals surface area contributed by atoms with Gasteiger partial charge in [0.2, 0.25) is 0 Å². The quantitative estimate of drug-likeness (QED) is 0.849. The van der Waals surface area contributed by atoms with E-state index in [0.29, 0.717) is 17.9 Å². The van der Waals surface area contributed by atoms with Crippen LogP contribution in [0.3, 0.4) is 0 Å². The lowest BCUT2D eigenvalue weighted by atomic mass is 10.2. The number of ether oxygens (including phenoxy) is 1. The zero-order chi connectivity index (χ0) is 13.7. The molecule has 0 unspecified atom stereocenters. The molecule has 0 saturated heterocycles. The van der Waals surface area contributed by atoms with Gasteiger partial charge in [-0.1, -0.05) is 11.8 Å². The van der Waals surface area contributed by atoms with Crippen LogP contribution < -0.4 is 10.5 Å². The van der Waals surface area contributed by atoms with Crippen LogP contribution >= 0.6 is 0 Å². The third-order valence-corrected chi connectivity index (χ3v) is 2.42. The van der Waals surface area contributed by atoms with E-state index in [4.69, 9.17) is 10.5 Å². The smallest absolute Gasteiger partial charge is 0.142 e. The summed E-state index contributed by atoms with van der Waals surface area (Å²) in [7, 11) is 1.83. The SMILES string of the molecule is Cn1ccc(COc2ccc(C#CCN)c(F)c2)n1. The molecule has 19 heavy (non-hydrogen) atoms. The zero-order valence-electron chi connectivity index (χ0n) is 10.6. The Morgan fingerprint density at radius 3 is 2.89 bits per heavy atom. The summed E-state index contributed by atoms with van der Waals surface area (Å²) >= 11 is 0. The number of aromatic nitrogens is 2. The highest BCUT2D eigenvalue weighted by Gasteiger charge is 2.03. The minimum Gasteiger partial charge on any atom is -0.487 e. The Kier molecular flexibility index (Phi) is 4.16. The fourth-order valence-electron chi connectivity index (χ4n) is 1.53. The Balaban J connectivity index is 2.03. The van der Waals surface area contributed by atoms with E-state index in [1.54, 1.807) is 16.8 Å². The van der Waals surface area contributed by atoms with Gasteiger partial charge in [0.05, 0.1) is 17.8 Å². The molecule has 1 aromatic carbocycles. The third kappa shape index (κ3) is 3.57. The van der Waals surface area contributed by atoms with Crippen molar-refractivity contribution in [1.29, 1.82) is 0 Å². The van der Waals surface area contributed by atoms with Crippen LogP contribution in [-0.4, -0.2) is 16.3 Å². The van der Waals surface area contributed by atoms with E-state index in [9.17, 15) is 4.39 Å². The first-order valence-electron chi connectivity index (χ1n) is 5.79. The second kappa shape index (κ2) is 6.03. The maximum atomic E-state index is 13.7. The minimum absolute atomic E-state index is 0.206. The normalized spacial score (nSPS) is 9.84. The fraction of sp³-hybridized carbons (Fsp3) is 0.214. The van der Waals surface area contributed by atoms with E-state index in [-0.39, 0.29) is 6.54 Å².